The maximum Gasteiger partial charge on any atom is 0.262 e. The van der Waals surface area contributed by atoms with Crippen LogP contribution in [0.1, 0.15) is 24.2 Å². The minimum absolute atomic E-state index is 0.00939. The van der Waals surface area contributed by atoms with Crippen LogP contribution < -0.4 is 10.1 Å². The number of anilines is 1. The van der Waals surface area contributed by atoms with Crippen molar-refractivity contribution in [2.45, 2.75) is 13.8 Å². The molecule has 132 valence electrons. The number of amides is 2. The Labute approximate surface area is 161 Å². The molecule has 2 amide bonds. The zero-order valence-corrected chi connectivity index (χ0v) is 16.4. The van der Waals surface area contributed by atoms with Crippen LogP contribution in [0.15, 0.2) is 48.5 Å². The van der Waals surface area contributed by atoms with Gasteiger partial charge in [-0.3, -0.25) is 9.59 Å². The Morgan fingerprint density at radius 2 is 1.68 bits per heavy atom. The summed E-state index contributed by atoms with van der Waals surface area (Å²) < 4.78 is 6.46. The summed E-state index contributed by atoms with van der Waals surface area (Å²) in [7, 11) is 0. The highest BCUT2D eigenvalue weighted by atomic mass is 127. The van der Waals surface area contributed by atoms with Gasteiger partial charge < -0.3 is 15.0 Å². The molecule has 2 aromatic rings. The molecule has 0 aliphatic carbocycles. The number of carbonyl (C=O) groups excluding carboxylic acids is 2. The normalized spacial score (nSPS) is 10.2. The van der Waals surface area contributed by atoms with Crippen LogP contribution in [0.3, 0.4) is 0 Å². The smallest absolute Gasteiger partial charge is 0.262 e. The highest BCUT2D eigenvalue weighted by Gasteiger charge is 2.12. The number of carbonyl (C=O) groups is 2. The molecule has 0 bridgehead atoms. The summed E-state index contributed by atoms with van der Waals surface area (Å²) in [5, 5.41) is 2.76. The van der Waals surface area contributed by atoms with Crippen LogP contribution in [-0.2, 0) is 4.79 Å². The van der Waals surface area contributed by atoms with E-state index in [1.54, 1.807) is 29.2 Å². The van der Waals surface area contributed by atoms with E-state index in [1.165, 1.54) is 0 Å². The van der Waals surface area contributed by atoms with E-state index >= 15 is 0 Å². The summed E-state index contributed by atoms with van der Waals surface area (Å²) in [6.07, 6.45) is 0. The summed E-state index contributed by atoms with van der Waals surface area (Å²) in [6, 6.07) is 14.4. The first-order chi connectivity index (χ1) is 12.0. The van der Waals surface area contributed by atoms with Gasteiger partial charge in [0.15, 0.2) is 6.61 Å². The van der Waals surface area contributed by atoms with Gasteiger partial charge in [-0.05, 0) is 72.8 Å². The second-order valence-electron chi connectivity index (χ2n) is 5.32. The number of hydrogen-bond acceptors (Lipinski definition) is 3. The standard InChI is InChI=1S/C19H21IN2O3/c1-3-22(4-2)19(24)14-9-11-15(12-10-14)21-18(23)13-25-17-8-6-5-7-16(17)20/h5-12H,3-4,13H2,1-2H3,(H,21,23). The molecule has 0 aliphatic heterocycles. The number of para-hydroxylation sites is 1. The molecule has 0 saturated heterocycles. The molecule has 5 nitrogen and oxygen atoms in total. The lowest BCUT2D eigenvalue weighted by Crippen LogP contribution is -2.30. The van der Waals surface area contributed by atoms with Gasteiger partial charge in [0, 0.05) is 24.3 Å². The summed E-state index contributed by atoms with van der Waals surface area (Å²) in [4.78, 5) is 26.0. The van der Waals surface area contributed by atoms with Crippen LogP contribution in [0.2, 0.25) is 0 Å². The van der Waals surface area contributed by atoms with Crippen LogP contribution >= 0.6 is 22.6 Å². The summed E-state index contributed by atoms with van der Waals surface area (Å²) in [6.45, 7) is 5.17. The Morgan fingerprint density at radius 1 is 1.04 bits per heavy atom. The zero-order valence-electron chi connectivity index (χ0n) is 14.3. The van der Waals surface area contributed by atoms with E-state index in [-0.39, 0.29) is 18.4 Å². The predicted molar refractivity (Wildman–Crippen MR) is 107 cm³/mol. The van der Waals surface area contributed by atoms with Gasteiger partial charge in [-0.25, -0.2) is 0 Å². The van der Waals surface area contributed by atoms with Crippen molar-refractivity contribution < 1.29 is 14.3 Å². The number of halogens is 1. The van der Waals surface area contributed by atoms with Crippen LogP contribution in [0.4, 0.5) is 5.69 Å². The van der Waals surface area contributed by atoms with Gasteiger partial charge in [-0.2, -0.15) is 0 Å². The second-order valence-corrected chi connectivity index (χ2v) is 6.48. The van der Waals surface area contributed by atoms with Crippen LogP contribution in [-0.4, -0.2) is 36.4 Å². The lowest BCUT2D eigenvalue weighted by molar-refractivity contribution is -0.118. The Hall–Kier alpha value is -2.09. The molecule has 25 heavy (non-hydrogen) atoms. The largest absolute Gasteiger partial charge is 0.483 e. The van der Waals surface area contributed by atoms with E-state index < -0.39 is 0 Å². The van der Waals surface area contributed by atoms with Gasteiger partial charge >= 0.3 is 0 Å². The van der Waals surface area contributed by atoms with Gasteiger partial charge in [-0.1, -0.05) is 12.1 Å². The molecule has 1 N–H and O–H groups in total. The van der Waals surface area contributed by atoms with Gasteiger partial charge in [0.2, 0.25) is 0 Å². The third-order valence-corrected chi connectivity index (χ3v) is 4.55. The minimum atomic E-state index is -0.248. The third-order valence-electron chi connectivity index (χ3n) is 3.66. The van der Waals surface area contributed by atoms with Crippen molar-refractivity contribution in [3.63, 3.8) is 0 Å². The van der Waals surface area contributed by atoms with E-state index in [0.29, 0.717) is 30.1 Å². The number of hydrogen-bond donors (Lipinski definition) is 1. The molecule has 2 aromatic carbocycles. The van der Waals surface area contributed by atoms with Crippen molar-refractivity contribution in [1.82, 2.24) is 4.90 Å². The highest BCUT2D eigenvalue weighted by Crippen LogP contribution is 2.19. The summed E-state index contributed by atoms with van der Waals surface area (Å²) >= 11 is 2.16. The highest BCUT2D eigenvalue weighted by molar-refractivity contribution is 14.1. The molecule has 0 heterocycles. The first kappa shape index (κ1) is 19.2. The van der Waals surface area contributed by atoms with Crippen LogP contribution in [0.25, 0.3) is 0 Å². The van der Waals surface area contributed by atoms with Crippen LogP contribution in [0, 0.1) is 3.57 Å². The average Bonchev–Trinajstić information content (AvgIpc) is 2.62. The van der Waals surface area contributed by atoms with Gasteiger partial charge in [0.25, 0.3) is 11.8 Å². The van der Waals surface area contributed by atoms with Gasteiger partial charge in [-0.15, -0.1) is 0 Å². The first-order valence-electron chi connectivity index (χ1n) is 8.11. The molecule has 0 saturated carbocycles. The third kappa shape index (κ3) is 5.45. The molecular formula is C19H21IN2O3. The topological polar surface area (TPSA) is 58.6 Å². The summed E-state index contributed by atoms with van der Waals surface area (Å²) in [5.74, 6) is 0.422. The van der Waals surface area contributed by atoms with E-state index in [0.717, 1.165) is 3.57 Å². The molecule has 0 unspecified atom stereocenters. The molecule has 0 aliphatic rings. The fourth-order valence-corrected chi connectivity index (χ4v) is 2.83. The molecule has 0 atom stereocenters. The zero-order chi connectivity index (χ0) is 18.2. The maximum atomic E-state index is 12.2. The minimum Gasteiger partial charge on any atom is -0.483 e. The monoisotopic (exact) mass is 452 g/mol. The van der Waals surface area contributed by atoms with Crippen molar-refractivity contribution in [1.29, 1.82) is 0 Å². The predicted octanol–water partition coefficient (Wildman–Crippen LogP) is 3.79. The molecule has 2 rings (SSSR count). The van der Waals surface area contributed by atoms with Crippen molar-refractivity contribution in [3.8, 4) is 5.75 Å². The molecule has 0 radical (unpaired) electrons. The van der Waals surface area contributed by atoms with Gasteiger partial charge in [0.05, 0.1) is 3.57 Å². The van der Waals surface area contributed by atoms with Crippen molar-refractivity contribution in [3.05, 3.63) is 57.7 Å². The lowest BCUT2D eigenvalue weighted by Gasteiger charge is -2.18. The van der Waals surface area contributed by atoms with Crippen LogP contribution in [0.5, 0.6) is 5.75 Å². The Bertz CT molecular complexity index is 728. The second kappa shape index (κ2) is 9.41. The Kier molecular flexibility index (Phi) is 7.24. The lowest BCUT2D eigenvalue weighted by atomic mass is 10.2. The number of benzene rings is 2. The fourth-order valence-electron chi connectivity index (χ4n) is 2.29. The molecule has 0 fully saturated rings. The van der Waals surface area contributed by atoms with E-state index in [2.05, 4.69) is 27.9 Å². The SMILES string of the molecule is CCN(CC)C(=O)c1ccc(NC(=O)COc2ccccc2I)cc1. The Morgan fingerprint density at radius 3 is 2.28 bits per heavy atom. The van der Waals surface area contributed by atoms with Crippen molar-refractivity contribution in [2.24, 2.45) is 0 Å². The van der Waals surface area contributed by atoms with E-state index in [4.69, 9.17) is 4.74 Å². The molecule has 0 aromatic heterocycles. The fraction of sp³-hybridized carbons (Fsp3) is 0.263. The van der Waals surface area contributed by atoms with Crippen molar-refractivity contribution in [2.75, 3.05) is 25.0 Å². The molecule has 6 heteroatoms. The number of nitrogens with one attached hydrogen (secondary N) is 1. The quantitative estimate of drug-likeness (QED) is 0.651. The van der Waals surface area contributed by atoms with Crippen molar-refractivity contribution >= 4 is 40.1 Å². The Balaban J connectivity index is 1.91. The first-order valence-corrected chi connectivity index (χ1v) is 9.19. The number of ether oxygens (including phenoxy) is 1. The number of rotatable bonds is 7. The maximum absolute atomic E-state index is 12.2. The van der Waals surface area contributed by atoms with E-state index in [1.807, 2.05) is 38.1 Å². The molecule has 0 spiro atoms. The van der Waals surface area contributed by atoms with Gasteiger partial charge in [0.1, 0.15) is 5.75 Å². The average molecular weight is 452 g/mol. The van der Waals surface area contributed by atoms with E-state index in [9.17, 15) is 9.59 Å². The summed E-state index contributed by atoms with van der Waals surface area (Å²) in [5.41, 5.74) is 1.24. The molecular weight excluding hydrogens is 431 g/mol. The number of nitrogens with zero attached hydrogens (tertiary/aromatic N) is 1.